The molecule has 0 aromatic carbocycles. The molecule has 5 nitrogen and oxygen atoms in total. The molecule has 2 fully saturated rings. The van der Waals surface area contributed by atoms with Crippen LogP contribution in [0.4, 0.5) is 4.39 Å². The molecule has 1 N–H and O–H groups in total. The Morgan fingerprint density at radius 1 is 1.40 bits per heavy atom. The smallest absolute Gasteiger partial charge is 0.398 e. The molecule has 1 aromatic heterocycles. The summed E-state index contributed by atoms with van der Waals surface area (Å²) >= 11 is 0. The molecule has 0 bridgehead atoms. The van der Waals surface area contributed by atoms with Gasteiger partial charge in [0.2, 0.25) is 0 Å². The van der Waals surface area contributed by atoms with Gasteiger partial charge in [0.15, 0.2) is 0 Å². The first-order valence-corrected chi connectivity index (χ1v) is 8.82. The van der Waals surface area contributed by atoms with E-state index in [1.807, 2.05) is 27.7 Å². The molecule has 2 aliphatic rings. The Morgan fingerprint density at radius 3 is 2.68 bits per heavy atom. The van der Waals surface area contributed by atoms with Gasteiger partial charge >= 0.3 is 7.12 Å². The van der Waals surface area contributed by atoms with Crippen LogP contribution >= 0.6 is 0 Å². The zero-order chi connectivity index (χ0) is 18.2. The van der Waals surface area contributed by atoms with E-state index in [1.165, 1.54) is 6.08 Å². The second-order valence-electron chi connectivity index (χ2n) is 7.90. The summed E-state index contributed by atoms with van der Waals surface area (Å²) in [6.07, 6.45) is 4.04. The lowest BCUT2D eigenvalue weighted by atomic mass is 9.87. The predicted octanol–water partition coefficient (Wildman–Crippen LogP) is 2.40. The zero-order valence-electron chi connectivity index (χ0n) is 15.3. The maximum atomic E-state index is 14.6. The van der Waals surface area contributed by atoms with Crippen LogP contribution in [0.25, 0.3) is 6.08 Å². The van der Waals surface area contributed by atoms with Gasteiger partial charge in [-0.2, -0.15) is 0 Å². The van der Waals surface area contributed by atoms with Crippen molar-refractivity contribution < 1.29 is 13.7 Å². The van der Waals surface area contributed by atoms with Crippen molar-refractivity contribution in [3.8, 4) is 0 Å². The fourth-order valence-electron chi connectivity index (χ4n) is 3.13. The van der Waals surface area contributed by atoms with E-state index < -0.39 is 24.0 Å². The largest absolute Gasteiger partial charge is 0.525 e. The van der Waals surface area contributed by atoms with Gasteiger partial charge < -0.3 is 19.2 Å². The van der Waals surface area contributed by atoms with Crippen LogP contribution in [-0.4, -0.2) is 36.0 Å². The quantitative estimate of drug-likeness (QED) is 0.849. The molecule has 7 heteroatoms. The molecule has 0 amide bonds. The van der Waals surface area contributed by atoms with Crippen LogP contribution in [-0.2, 0) is 15.9 Å². The lowest BCUT2D eigenvalue weighted by Gasteiger charge is -2.32. The molecule has 0 spiro atoms. The highest BCUT2D eigenvalue weighted by molar-refractivity contribution is 6.54. The van der Waals surface area contributed by atoms with Crippen LogP contribution in [0.2, 0.25) is 0 Å². The Kier molecular flexibility index (Phi) is 4.92. The van der Waals surface area contributed by atoms with Gasteiger partial charge in [-0.05, 0) is 71.3 Å². The van der Waals surface area contributed by atoms with Crippen molar-refractivity contribution in [2.45, 2.75) is 51.9 Å². The maximum Gasteiger partial charge on any atom is 0.525 e. The molecule has 3 heterocycles. The summed E-state index contributed by atoms with van der Waals surface area (Å²) in [6, 6.07) is 3.39. The lowest BCUT2D eigenvalue weighted by molar-refractivity contribution is 0.00578. The molecule has 1 unspecified atom stereocenters. The molecule has 3 rings (SSSR count). The molecule has 2 saturated heterocycles. The van der Waals surface area contributed by atoms with Crippen LogP contribution in [0.5, 0.6) is 0 Å². The molecule has 0 aliphatic carbocycles. The fourth-order valence-corrected chi connectivity index (χ4v) is 3.13. The SMILES string of the molecule is CC1(C)OB(C(F)=Cc2cccn(CC3CCNC3)c2=O)OC1(C)C. The van der Waals surface area contributed by atoms with Gasteiger partial charge in [-0.25, -0.2) is 4.39 Å². The minimum atomic E-state index is -1.09. The summed E-state index contributed by atoms with van der Waals surface area (Å²) in [5.41, 5.74) is -1.71. The number of aromatic nitrogens is 1. The summed E-state index contributed by atoms with van der Waals surface area (Å²) in [5, 5.41) is 3.29. The van der Waals surface area contributed by atoms with E-state index in [4.69, 9.17) is 9.31 Å². The molecule has 0 radical (unpaired) electrons. The van der Waals surface area contributed by atoms with Crippen molar-refractivity contribution in [3.05, 3.63) is 40.0 Å². The summed E-state index contributed by atoms with van der Waals surface area (Å²) in [5.74, 6) is 0.435. The minimum Gasteiger partial charge on any atom is -0.398 e. The third-order valence-corrected chi connectivity index (χ3v) is 5.44. The van der Waals surface area contributed by atoms with Gasteiger partial charge in [-0.3, -0.25) is 4.79 Å². The zero-order valence-corrected chi connectivity index (χ0v) is 15.3. The number of nitrogens with one attached hydrogen (secondary N) is 1. The Balaban J connectivity index is 1.80. The number of rotatable bonds is 4. The number of hydrogen-bond donors (Lipinski definition) is 1. The van der Waals surface area contributed by atoms with Crippen LogP contribution in [0.15, 0.2) is 28.9 Å². The topological polar surface area (TPSA) is 52.5 Å². The Labute approximate surface area is 148 Å². The second-order valence-corrected chi connectivity index (χ2v) is 7.90. The molecule has 1 aromatic rings. The first-order chi connectivity index (χ1) is 11.7. The normalized spacial score (nSPS) is 25.6. The Morgan fingerprint density at radius 2 is 2.08 bits per heavy atom. The molecule has 0 saturated carbocycles. The summed E-state index contributed by atoms with van der Waals surface area (Å²) < 4.78 is 27.7. The second kappa shape index (κ2) is 6.70. The number of halogens is 1. The number of pyridine rings is 1. The van der Waals surface area contributed by atoms with E-state index in [0.29, 0.717) is 18.0 Å². The molecular weight excluding hydrogens is 322 g/mol. The van der Waals surface area contributed by atoms with Crippen molar-refractivity contribution in [2.75, 3.05) is 13.1 Å². The fraction of sp³-hybridized carbons (Fsp3) is 0.611. The van der Waals surface area contributed by atoms with Crippen molar-refractivity contribution in [2.24, 2.45) is 5.92 Å². The van der Waals surface area contributed by atoms with Crippen LogP contribution in [0.1, 0.15) is 39.7 Å². The summed E-state index contributed by atoms with van der Waals surface area (Å²) in [7, 11) is -1.09. The summed E-state index contributed by atoms with van der Waals surface area (Å²) in [6.45, 7) is 10.0. The average molecular weight is 348 g/mol. The van der Waals surface area contributed by atoms with E-state index in [9.17, 15) is 9.18 Å². The van der Waals surface area contributed by atoms with Gasteiger partial charge in [-0.15, -0.1) is 0 Å². The highest BCUT2D eigenvalue weighted by Crippen LogP contribution is 2.38. The minimum absolute atomic E-state index is 0.193. The van der Waals surface area contributed by atoms with Crippen LogP contribution in [0, 0.1) is 5.92 Å². The van der Waals surface area contributed by atoms with Crippen molar-refractivity contribution in [3.63, 3.8) is 0 Å². The van der Waals surface area contributed by atoms with Crippen LogP contribution < -0.4 is 10.9 Å². The van der Waals surface area contributed by atoms with Crippen molar-refractivity contribution in [1.82, 2.24) is 9.88 Å². The van der Waals surface area contributed by atoms with Gasteiger partial charge in [0.05, 0.1) is 11.2 Å². The lowest BCUT2D eigenvalue weighted by Crippen LogP contribution is -2.41. The first kappa shape index (κ1) is 18.4. The van der Waals surface area contributed by atoms with Gasteiger partial charge in [-0.1, -0.05) is 0 Å². The number of nitrogens with zero attached hydrogens (tertiary/aromatic N) is 1. The molecule has 1 atom stereocenters. The van der Waals surface area contributed by atoms with E-state index in [2.05, 4.69) is 5.32 Å². The van der Waals surface area contributed by atoms with E-state index in [1.54, 1.807) is 22.9 Å². The van der Waals surface area contributed by atoms with Gasteiger partial charge in [0.1, 0.15) is 5.73 Å². The molecule has 25 heavy (non-hydrogen) atoms. The standard InChI is InChI=1S/C18H26BFN2O3/c1-17(2)18(3,4)25-19(24-17)15(20)10-14-6-5-9-22(16(14)23)12-13-7-8-21-11-13/h5-6,9-10,13,21H,7-8,11-12H2,1-4H3. The predicted molar refractivity (Wildman–Crippen MR) is 96.8 cm³/mol. The third kappa shape index (κ3) is 3.73. The average Bonchev–Trinajstić information content (AvgIpc) is 3.09. The summed E-state index contributed by atoms with van der Waals surface area (Å²) in [4.78, 5) is 12.6. The third-order valence-electron chi connectivity index (χ3n) is 5.44. The first-order valence-electron chi connectivity index (χ1n) is 8.82. The molecule has 136 valence electrons. The molecule has 2 aliphatic heterocycles. The van der Waals surface area contributed by atoms with Gasteiger partial charge in [0, 0.05) is 18.3 Å². The van der Waals surface area contributed by atoms with Crippen LogP contribution in [0.3, 0.4) is 0 Å². The Hall–Kier alpha value is -1.44. The van der Waals surface area contributed by atoms with Crippen molar-refractivity contribution in [1.29, 1.82) is 0 Å². The van der Waals surface area contributed by atoms with E-state index >= 15 is 0 Å². The monoisotopic (exact) mass is 348 g/mol. The van der Waals surface area contributed by atoms with Gasteiger partial charge in [0.25, 0.3) is 5.56 Å². The maximum absolute atomic E-state index is 14.6. The van der Waals surface area contributed by atoms with E-state index in [0.717, 1.165) is 19.5 Å². The number of hydrogen-bond acceptors (Lipinski definition) is 4. The Bertz CT molecular complexity index is 707. The molecular formula is C18H26BFN2O3. The highest BCUT2D eigenvalue weighted by atomic mass is 19.1. The highest BCUT2D eigenvalue weighted by Gasteiger charge is 2.53. The van der Waals surface area contributed by atoms with Crippen molar-refractivity contribution >= 4 is 13.2 Å². The van der Waals surface area contributed by atoms with E-state index in [-0.39, 0.29) is 5.56 Å².